The van der Waals surface area contributed by atoms with Crippen molar-refractivity contribution in [2.45, 2.75) is 45.1 Å². The minimum atomic E-state index is -0.246. The molecule has 0 radical (unpaired) electrons. The van der Waals surface area contributed by atoms with E-state index in [-0.39, 0.29) is 5.82 Å². The normalized spacial score (nSPS) is 23.0. The molecule has 1 spiro atoms. The molecule has 1 aliphatic carbocycles. The highest BCUT2D eigenvalue weighted by Crippen LogP contribution is 2.46. The Morgan fingerprint density at radius 3 is 2.42 bits per heavy atom. The zero-order valence-electron chi connectivity index (χ0n) is 11.5. The van der Waals surface area contributed by atoms with E-state index in [1.807, 2.05) is 6.07 Å². The number of benzene rings is 1. The van der Waals surface area contributed by atoms with Gasteiger partial charge in [0.2, 0.25) is 0 Å². The highest BCUT2D eigenvalue weighted by atomic mass is 19.1. The lowest BCUT2D eigenvalue weighted by atomic mass is 9.77. The largest absolute Gasteiger partial charge is 0.398 e. The van der Waals surface area contributed by atoms with Gasteiger partial charge in [-0.15, -0.1) is 0 Å². The summed E-state index contributed by atoms with van der Waals surface area (Å²) in [6, 6.07) is 4.76. The molecule has 0 bridgehead atoms. The van der Waals surface area contributed by atoms with Crippen LogP contribution in [0.2, 0.25) is 0 Å². The van der Waals surface area contributed by atoms with Gasteiger partial charge in [-0.25, -0.2) is 4.39 Å². The second-order valence-electron chi connectivity index (χ2n) is 6.33. The molecule has 1 heterocycles. The van der Waals surface area contributed by atoms with E-state index >= 15 is 0 Å². The maximum absolute atomic E-state index is 13.0. The number of piperidine rings is 1. The molecule has 1 aromatic carbocycles. The first kappa shape index (κ1) is 12.9. The Bertz CT molecular complexity index is 442. The number of hydrogen-bond donors (Lipinski definition) is 1. The van der Waals surface area contributed by atoms with Gasteiger partial charge in [0.15, 0.2) is 0 Å². The van der Waals surface area contributed by atoms with E-state index in [0.717, 1.165) is 25.2 Å². The van der Waals surface area contributed by atoms with E-state index in [2.05, 4.69) is 4.90 Å². The van der Waals surface area contributed by atoms with Crippen LogP contribution in [-0.2, 0) is 6.54 Å². The number of likely N-dealkylation sites (tertiary alicyclic amines) is 1. The van der Waals surface area contributed by atoms with E-state index in [1.165, 1.54) is 50.7 Å². The smallest absolute Gasteiger partial charge is 0.125 e. The monoisotopic (exact) mass is 262 g/mol. The van der Waals surface area contributed by atoms with Crippen molar-refractivity contribution in [2.24, 2.45) is 5.41 Å². The van der Waals surface area contributed by atoms with E-state index < -0.39 is 0 Å². The van der Waals surface area contributed by atoms with Crippen LogP contribution in [0, 0.1) is 11.2 Å². The average molecular weight is 262 g/mol. The fraction of sp³-hybridized carbons (Fsp3) is 0.625. The maximum atomic E-state index is 13.0. The van der Waals surface area contributed by atoms with Crippen molar-refractivity contribution in [1.29, 1.82) is 0 Å². The van der Waals surface area contributed by atoms with E-state index in [9.17, 15) is 4.39 Å². The first-order chi connectivity index (χ1) is 9.17. The van der Waals surface area contributed by atoms with Gasteiger partial charge in [-0.2, -0.15) is 0 Å². The van der Waals surface area contributed by atoms with Crippen molar-refractivity contribution < 1.29 is 4.39 Å². The molecule has 3 rings (SSSR count). The fourth-order valence-corrected chi connectivity index (χ4v) is 3.76. The lowest BCUT2D eigenvalue weighted by molar-refractivity contribution is 0.104. The van der Waals surface area contributed by atoms with Gasteiger partial charge in [0, 0.05) is 12.2 Å². The molecule has 0 atom stereocenters. The highest BCUT2D eigenvalue weighted by molar-refractivity contribution is 5.46. The predicted molar refractivity (Wildman–Crippen MR) is 76.2 cm³/mol. The van der Waals surface area contributed by atoms with Crippen molar-refractivity contribution in [3.63, 3.8) is 0 Å². The molecule has 19 heavy (non-hydrogen) atoms. The summed E-state index contributed by atoms with van der Waals surface area (Å²) in [6.45, 7) is 3.19. The molecule has 2 N–H and O–H groups in total. The van der Waals surface area contributed by atoms with Gasteiger partial charge in [-0.1, -0.05) is 18.9 Å². The Morgan fingerprint density at radius 2 is 1.79 bits per heavy atom. The van der Waals surface area contributed by atoms with Crippen molar-refractivity contribution in [3.8, 4) is 0 Å². The summed E-state index contributed by atoms with van der Waals surface area (Å²) in [5.74, 6) is -0.246. The Kier molecular flexibility index (Phi) is 3.48. The molecular formula is C16H23FN2. The molecular weight excluding hydrogens is 239 g/mol. The molecule has 1 aromatic rings. The molecule has 1 saturated carbocycles. The molecule has 2 fully saturated rings. The van der Waals surface area contributed by atoms with Crippen LogP contribution in [-0.4, -0.2) is 18.0 Å². The lowest BCUT2D eigenvalue weighted by Gasteiger charge is -2.39. The summed E-state index contributed by atoms with van der Waals surface area (Å²) in [5.41, 5.74) is 8.19. The van der Waals surface area contributed by atoms with Crippen LogP contribution < -0.4 is 5.73 Å². The van der Waals surface area contributed by atoms with E-state index in [0.29, 0.717) is 11.1 Å². The lowest BCUT2D eigenvalue weighted by Crippen LogP contribution is -2.38. The summed E-state index contributed by atoms with van der Waals surface area (Å²) in [5, 5.41) is 0. The van der Waals surface area contributed by atoms with Crippen LogP contribution in [0.1, 0.15) is 44.1 Å². The SMILES string of the molecule is Nc1cc(F)ccc1CN1CCC2(CCCC2)CC1. The van der Waals surface area contributed by atoms with Crippen molar-refractivity contribution in [3.05, 3.63) is 29.6 Å². The average Bonchev–Trinajstić information content (AvgIpc) is 2.84. The summed E-state index contributed by atoms with van der Waals surface area (Å²) in [4.78, 5) is 2.47. The molecule has 1 aliphatic heterocycles. The van der Waals surface area contributed by atoms with Crippen LogP contribution in [0.25, 0.3) is 0 Å². The number of hydrogen-bond acceptors (Lipinski definition) is 2. The summed E-state index contributed by atoms with van der Waals surface area (Å²) in [7, 11) is 0. The standard InChI is InChI=1S/C16H23FN2/c17-14-4-3-13(15(18)11-14)12-19-9-7-16(8-10-19)5-1-2-6-16/h3-4,11H,1-2,5-10,12,18H2. The van der Waals surface area contributed by atoms with E-state index in [1.54, 1.807) is 0 Å². The zero-order valence-corrected chi connectivity index (χ0v) is 11.5. The van der Waals surface area contributed by atoms with Crippen LogP contribution in [0.3, 0.4) is 0 Å². The third-order valence-corrected chi connectivity index (χ3v) is 5.08. The second kappa shape index (κ2) is 5.12. The summed E-state index contributed by atoms with van der Waals surface area (Å²) in [6.07, 6.45) is 8.36. The first-order valence-corrected chi connectivity index (χ1v) is 7.43. The Morgan fingerprint density at radius 1 is 1.11 bits per heavy atom. The van der Waals surface area contributed by atoms with Gasteiger partial charge >= 0.3 is 0 Å². The third-order valence-electron chi connectivity index (χ3n) is 5.08. The van der Waals surface area contributed by atoms with Crippen molar-refractivity contribution in [2.75, 3.05) is 18.8 Å². The molecule has 3 heteroatoms. The minimum absolute atomic E-state index is 0.246. The Hall–Kier alpha value is -1.09. The number of nitrogens with two attached hydrogens (primary N) is 1. The number of halogens is 1. The van der Waals surface area contributed by atoms with Gasteiger partial charge in [-0.3, -0.25) is 4.90 Å². The van der Waals surface area contributed by atoms with Gasteiger partial charge in [0.05, 0.1) is 0 Å². The number of rotatable bonds is 2. The first-order valence-electron chi connectivity index (χ1n) is 7.43. The Balaban J connectivity index is 1.60. The topological polar surface area (TPSA) is 29.3 Å². The highest BCUT2D eigenvalue weighted by Gasteiger charge is 2.36. The molecule has 2 aliphatic rings. The van der Waals surface area contributed by atoms with Crippen LogP contribution in [0.5, 0.6) is 0 Å². The van der Waals surface area contributed by atoms with Gasteiger partial charge in [-0.05, 0) is 61.9 Å². The van der Waals surface area contributed by atoms with Crippen molar-refractivity contribution in [1.82, 2.24) is 4.90 Å². The molecule has 1 saturated heterocycles. The number of nitrogens with zero attached hydrogens (tertiary/aromatic N) is 1. The molecule has 104 valence electrons. The minimum Gasteiger partial charge on any atom is -0.398 e. The van der Waals surface area contributed by atoms with Crippen LogP contribution in [0.4, 0.5) is 10.1 Å². The third kappa shape index (κ3) is 2.76. The zero-order chi connectivity index (χ0) is 13.3. The molecule has 0 aromatic heterocycles. The maximum Gasteiger partial charge on any atom is 0.125 e. The van der Waals surface area contributed by atoms with Crippen LogP contribution >= 0.6 is 0 Å². The van der Waals surface area contributed by atoms with Gasteiger partial charge in [0.25, 0.3) is 0 Å². The van der Waals surface area contributed by atoms with Gasteiger partial charge < -0.3 is 5.73 Å². The predicted octanol–water partition coefficient (Wildman–Crippen LogP) is 3.56. The molecule has 0 amide bonds. The fourth-order valence-electron chi connectivity index (χ4n) is 3.76. The van der Waals surface area contributed by atoms with Gasteiger partial charge in [0.1, 0.15) is 5.82 Å². The second-order valence-corrected chi connectivity index (χ2v) is 6.33. The quantitative estimate of drug-likeness (QED) is 0.826. The Labute approximate surface area is 114 Å². The summed E-state index contributed by atoms with van der Waals surface area (Å²) < 4.78 is 13.0. The number of anilines is 1. The molecule has 2 nitrogen and oxygen atoms in total. The van der Waals surface area contributed by atoms with Crippen molar-refractivity contribution >= 4 is 5.69 Å². The number of nitrogen functional groups attached to an aromatic ring is 1. The molecule has 0 unspecified atom stereocenters. The summed E-state index contributed by atoms with van der Waals surface area (Å²) >= 11 is 0. The van der Waals surface area contributed by atoms with Crippen LogP contribution in [0.15, 0.2) is 18.2 Å². The van der Waals surface area contributed by atoms with E-state index in [4.69, 9.17) is 5.73 Å².